The fourth-order valence-corrected chi connectivity index (χ4v) is 4.65. The highest BCUT2D eigenvalue weighted by atomic mass is 32.1. The number of benzene rings is 2. The van der Waals surface area contributed by atoms with Gasteiger partial charge in [0.1, 0.15) is 0 Å². The van der Waals surface area contributed by atoms with Gasteiger partial charge in [0.15, 0.2) is 0 Å². The SMILES string of the molecule is O=c1[nH]c2ccc(N3CCN(CCCCc4ccc(C(F)(F)F)cc4)CC3)cc2s1. The van der Waals surface area contributed by atoms with Gasteiger partial charge in [0.05, 0.1) is 15.8 Å². The van der Waals surface area contributed by atoms with Gasteiger partial charge in [0.25, 0.3) is 0 Å². The molecule has 1 saturated heterocycles. The molecule has 4 nitrogen and oxygen atoms in total. The molecular formula is C22H24F3N3OS. The number of thiazole rings is 1. The first-order valence-electron chi connectivity index (χ1n) is 10.1. The molecule has 1 aliphatic rings. The molecule has 3 aromatic rings. The summed E-state index contributed by atoms with van der Waals surface area (Å²) in [6.45, 7) is 4.88. The third kappa shape index (κ3) is 5.05. The molecule has 0 amide bonds. The summed E-state index contributed by atoms with van der Waals surface area (Å²) in [4.78, 5) is 19.1. The second kappa shape index (κ2) is 8.81. The Labute approximate surface area is 176 Å². The lowest BCUT2D eigenvalue weighted by atomic mass is 10.1. The number of aryl methyl sites for hydroxylation is 1. The molecule has 0 aliphatic carbocycles. The van der Waals surface area contributed by atoms with Gasteiger partial charge in [-0.25, -0.2) is 0 Å². The second-order valence-corrected chi connectivity index (χ2v) is 8.69. The summed E-state index contributed by atoms with van der Waals surface area (Å²) in [7, 11) is 0. The van der Waals surface area contributed by atoms with E-state index in [0.717, 1.165) is 85.6 Å². The minimum Gasteiger partial charge on any atom is -0.369 e. The lowest BCUT2D eigenvalue weighted by Gasteiger charge is -2.36. The van der Waals surface area contributed by atoms with Crippen LogP contribution < -0.4 is 9.77 Å². The molecule has 0 atom stereocenters. The van der Waals surface area contributed by atoms with Crippen molar-refractivity contribution in [2.24, 2.45) is 0 Å². The molecule has 1 aromatic heterocycles. The van der Waals surface area contributed by atoms with Gasteiger partial charge in [-0.05, 0) is 61.7 Å². The number of piperazine rings is 1. The maximum Gasteiger partial charge on any atom is 0.416 e. The summed E-state index contributed by atoms with van der Waals surface area (Å²) in [5, 5.41) is 0. The molecule has 2 heterocycles. The van der Waals surface area contributed by atoms with E-state index in [2.05, 4.69) is 26.9 Å². The minimum absolute atomic E-state index is 0.0248. The van der Waals surface area contributed by atoms with E-state index >= 15 is 0 Å². The minimum atomic E-state index is -4.27. The Hall–Kier alpha value is -2.32. The lowest BCUT2D eigenvalue weighted by Crippen LogP contribution is -2.46. The van der Waals surface area contributed by atoms with Crippen molar-refractivity contribution in [1.82, 2.24) is 9.88 Å². The summed E-state index contributed by atoms with van der Waals surface area (Å²) >= 11 is 1.24. The maximum absolute atomic E-state index is 12.6. The number of H-pyrrole nitrogens is 1. The van der Waals surface area contributed by atoms with Gasteiger partial charge in [-0.3, -0.25) is 9.69 Å². The summed E-state index contributed by atoms with van der Waals surface area (Å²) in [5.74, 6) is 0. The largest absolute Gasteiger partial charge is 0.416 e. The number of halogens is 3. The number of unbranched alkanes of at least 4 members (excludes halogenated alkanes) is 1. The molecule has 2 aromatic carbocycles. The van der Waals surface area contributed by atoms with Crippen molar-refractivity contribution >= 4 is 27.2 Å². The lowest BCUT2D eigenvalue weighted by molar-refractivity contribution is -0.137. The highest BCUT2D eigenvalue weighted by molar-refractivity contribution is 7.16. The number of aromatic nitrogens is 1. The van der Waals surface area contributed by atoms with Gasteiger partial charge in [0, 0.05) is 31.9 Å². The van der Waals surface area contributed by atoms with Gasteiger partial charge < -0.3 is 9.88 Å². The van der Waals surface area contributed by atoms with Crippen LogP contribution in [0, 0.1) is 0 Å². The fourth-order valence-electron chi connectivity index (χ4n) is 3.89. The molecule has 30 heavy (non-hydrogen) atoms. The number of nitrogens with one attached hydrogen (secondary N) is 1. The van der Waals surface area contributed by atoms with E-state index < -0.39 is 11.7 Å². The number of nitrogens with zero attached hydrogens (tertiary/aromatic N) is 2. The van der Waals surface area contributed by atoms with Crippen LogP contribution in [0.5, 0.6) is 0 Å². The van der Waals surface area contributed by atoms with Crippen LogP contribution in [-0.2, 0) is 12.6 Å². The van der Waals surface area contributed by atoms with Gasteiger partial charge >= 0.3 is 11.0 Å². The zero-order valence-electron chi connectivity index (χ0n) is 16.5. The van der Waals surface area contributed by atoms with Crippen LogP contribution >= 0.6 is 11.3 Å². The van der Waals surface area contributed by atoms with Gasteiger partial charge in [-0.15, -0.1) is 0 Å². The quantitative estimate of drug-likeness (QED) is 0.568. The Morgan fingerprint density at radius 2 is 1.70 bits per heavy atom. The Balaban J connectivity index is 1.20. The van der Waals surface area contributed by atoms with Crippen LogP contribution in [0.1, 0.15) is 24.0 Å². The van der Waals surface area contributed by atoms with Crippen LogP contribution in [0.4, 0.5) is 18.9 Å². The molecule has 8 heteroatoms. The number of fused-ring (bicyclic) bond motifs is 1. The van der Waals surface area contributed by atoms with Crippen molar-refractivity contribution < 1.29 is 13.2 Å². The Kier molecular flexibility index (Phi) is 6.15. The van der Waals surface area contributed by atoms with Crippen molar-refractivity contribution in [1.29, 1.82) is 0 Å². The Bertz CT molecular complexity index is 1030. The number of rotatable bonds is 6. The third-order valence-corrected chi connectivity index (χ3v) is 6.46. The Morgan fingerprint density at radius 1 is 0.967 bits per heavy atom. The van der Waals surface area contributed by atoms with E-state index in [0.29, 0.717) is 0 Å². The summed E-state index contributed by atoms with van der Waals surface area (Å²) in [6.07, 6.45) is -1.47. The van der Waals surface area contributed by atoms with E-state index in [1.54, 1.807) is 12.1 Å². The first kappa shape index (κ1) is 20.9. The van der Waals surface area contributed by atoms with Crippen molar-refractivity contribution in [2.75, 3.05) is 37.6 Å². The van der Waals surface area contributed by atoms with Gasteiger partial charge in [-0.2, -0.15) is 13.2 Å². The van der Waals surface area contributed by atoms with Crippen molar-refractivity contribution in [3.05, 3.63) is 63.3 Å². The van der Waals surface area contributed by atoms with Crippen LogP contribution in [-0.4, -0.2) is 42.6 Å². The standard InChI is InChI=1S/C22H24F3N3OS/c23-22(24,25)17-6-4-16(5-7-17)3-1-2-10-27-11-13-28(14-12-27)18-8-9-19-20(15-18)30-21(29)26-19/h4-9,15H,1-3,10-14H2,(H,26,29). The topological polar surface area (TPSA) is 39.3 Å². The van der Waals surface area contributed by atoms with Gasteiger partial charge in [0.2, 0.25) is 0 Å². The summed E-state index contributed by atoms with van der Waals surface area (Å²) in [6, 6.07) is 11.6. The van der Waals surface area contributed by atoms with Gasteiger partial charge in [-0.1, -0.05) is 23.5 Å². The number of hydrogen-bond donors (Lipinski definition) is 1. The molecule has 0 spiro atoms. The summed E-state index contributed by atoms with van der Waals surface area (Å²) in [5.41, 5.74) is 2.41. The van der Waals surface area contributed by atoms with E-state index in [1.807, 2.05) is 6.07 Å². The van der Waals surface area contributed by atoms with E-state index in [4.69, 9.17) is 0 Å². The molecule has 4 rings (SSSR count). The zero-order chi connectivity index (χ0) is 21.1. The fraction of sp³-hybridized carbons (Fsp3) is 0.409. The summed E-state index contributed by atoms with van der Waals surface area (Å²) < 4.78 is 38.8. The molecule has 1 aliphatic heterocycles. The van der Waals surface area contributed by atoms with Crippen molar-refractivity contribution in [3.8, 4) is 0 Å². The molecule has 160 valence electrons. The highest BCUT2D eigenvalue weighted by Gasteiger charge is 2.29. The van der Waals surface area contributed by atoms with E-state index in [9.17, 15) is 18.0 Å². The second-order valence-electron chi connectivity index (χ2n) is 7.68. The predicted octanol–water partition coefficient (Wildman–Crippen LogP) is 4.75. The monoisotopic (exact) mass is 435 g/mol. The number of aromatic amines is 1. The van der Waals surface area contributed by atoms with Crippen molar-refractivity contribution in [2.45, 2.75) is 25.4 Å². The first-order chi connectivity index (χ1) is 14.4. The predicted molar refractivity (Wildman–Crippen MR) is 115 cm³/mol. The van der Waals surface area contributed by atoms with Crippen LogP contribution in [0.3, 0.4) is 0 Å². The number of alkyl halides is 3. The van der Waals surface area contributed by atoms with Crippen LogP contribution in [0.15, 0.2) is 47.3 Å². The average Bonchev–Trinajstić information content (AvgIpc) is 3.10. The normalized spacial score (nSPS) is 15.8. The van der Waals surface area contributed by atoms with Crippen molar-refractivity contribution in [3.63, 3.8) is 0 Å². The number of hydrogen-bond acceptors (Lipinski definition) is 4. The molecule has 0 bridgehead atoms. The average molecular weight is 436 g/mol. The number of anilines is 1. The highest BCUT2D eigenvalue weighted by Crippen LogP contribution is 2.29. The smallest absolute Gasteiger partial charge is 0.369 e. The molecule has 1 N–H and O–H groups in total. The maximum atomic E-state index is 12.6. The van der Waals surface area contributed by atoms with Crippen LogP contribution in [0.25, 0.3) is 10.2 Å². The third-order valence-electron chi connectivity index (χ3n) is 5.61. The molecular weight excluding hydrogens is 411 g/mol. The molecule has 1 fully saturated rings. The van der Waals surface area contributed by atoms with Crippen LogP contribution in [0.2, 0.25) is 0 Å². The first-order valence-corrected chi connectivity index (χ1v) is 11.0. The molecule has 0 radical (unpaired) electrons. The van der Waals surface area contributed by atoms with E-state index in [-0.39, 0.29) is 4.87 Å². The molecule has 0 saturated carbocycles. The zero-order valence-corrected chi connectivity index (χ0v) is 17.4. The molecule has 0 unspecified atom stereocenters. The Morgan fingerprint density at radius 3 is 2.40 bits per heavy atom. The van der Waals surface area contributed by atoms with E-state index in [1.165, 1.54) is 11.3 Å².